The van der Waals surface area contributed by atoms with Crippen molar-refractivity contribution in [2.24, 2.45) is 0 Å². The maximum atomic E-state index is 12.5. The van der Waals surface area contributed by atoms with E-state index in [1.165, 1.54) is 0 Å². The zero-order valence-electron chi connectivity index (χ0n) is 11.6. The van der Waals surface area contributed by atoms with Crippen LogP contribution in [0.3, 0.4) is 0 Å². The van der Waals surface area contributed by atoms with Crippen molar-refractivity contribution in [2.45, 2.75) is 25.5 Å². The fourth-order valence-electron chi connectivity index (χ4n) is 2.85. The number of hydrogen-bond donors (Lipinski definition) is 2. The summed E-state index contributed by atoms with van der Waals surface area (Å²) in [5, 5.41) is 13.2. The van der Waals surface area contributed by atoms with Crippen LogP contribution in [-0.4, -0.2) is 17.1 Å². The van der Waals surface area contributed by atoms with Gasteiger partial charge in [-0.2, -0.15) is 0 Å². The Morgan fingerprint density at radius 3 is 2.81 bits per heavy atom. The van der Waals surface area contributed by atoms with Gasteiger partial charge in [0.15, 0.2) is 0 Å². The molecule has 0 saturated heterocycles. The summed E-state index contributed by atoms with van der Waals surface area (Å²) in [5.74, 6) is -0.152. The Morgan fingerprint density at radius 1 is 1.29 bits per heavy atom. The van der Waals surface area contributed by atoms with Gasteiger partial charge in [-0.15, -0.1) is 0 Å². The summed E-state index contributed by atoms with van der Waals surface area (Å²) in [6.07, 6.45) is 0.0163. The van der Waals surface area contributed by atoms with Crippen molar-refractivity contribution in [3.05, 3.63) is 69.2 Å². The number of hydrogen-bond acceptors (Lipinski definition) is 2. The lowest BCUT2D eigenvalue weighted by atomic mass is 10.1. The van der Waals surface area contributed by atoms with E-state index in [1.54, 1.807) is 6.07 Å². The lowest BCUT2D eigenvalue weighted by Gasteiger charge is -2.18. The maximum Gasteiger partial charge on any atom is 0.252 e. The van der Waals surface area contributed by atoms with Crippen molar-refractivity contribution in [3.8, 4) is 0 Å². The molecule has 1 amide bonds. The van der Waals surface area contributed by atoms with Crippen molar-refractivity contribution in [1.82, 2.24) is 5.32 Å². The van der Waals surface area contributed by atoms with Crippen LogP contribution in [0.25, 0.3) is 0 Å². The minimum Gasteiger partial charge on any atom is -0.390 e. The number of halogens is 1. The van der Waals surface area contributed by atoms with Crippen molar-refractivity contribution < 1.29 is 9.90 Å². The molecule has 0 saturated carbocycles. The lowest BCUT2D eigenvalue weighted by Crippen LogP contribution is -2.34. The Balaban J connectivity index is 1.85. The molecule has 0 spiro atoms. The van der Waals surface area contributed by atoms with Crippen LogP contribution in [0.15, 0.2) is 46.9 Å². The molecule has 3 nitrogen and oxygen atoms in total. The fraction of sp³-hybridized carbons (Fsp3) is 0.235. The highest BCUT2D eigenvalue weighted by Gasteiger charge is 2.32. The first kappa shape index (κ1) is 14.3. The van der Waals surface area contributed by atoms with Gasteiger partial charge in [-0.3, -0.25) is 4.79 Å². The number of fused-ring (bicyclic) bond motifs is 1. The molecule has 0 aromatic heterocycles. The van der Waals surface area contributed by atoms with Gasteiger partial charge in [0.05, 0.1) is 12.1 Å². The van der Waals surface area contributed by atoms with Crippen molar-refractivity contribution in [3.63, 3.8) is 0 Å². The normalized spacial score (nSPS) is 20.1. The van der Waals surface area contributed by atoms with Gasteiger partial charge < -0.3 is 10.4 Å². The monoisotopic (exact) mass is 345 g/mol. The van der Waals surface area contributed by atoms with Crippen LogP contribution in [0.4, 0.5) is 0 Å². The molecular weight excluding hydrogens is 330 g/mol. The van der Waals surface area contributed by atoms with E-state index in [-0.39, 0.29) is 11.9 Å². The Morgan fingerprint density at radius 2 is 2.05 bits per heavy atom. The van der Waals surface area contributed by atoms with Crippen LogP contribution in [0.5, 0.6) is 0 Å². The van der Waals surface area contributed by atoms with E-state index < -0.39 is 6.10 Å². The van der Waals surface area contributed by atoms with E-state index in [2.05, 4.69) is 21.2 Å². The average Bonchev–Trinajstić information content (AvgIpc) is 2.75. The predicted molar refractivity (Wildman–Crippen MR) is 85.2 cm³/mol. The largest absolute Gasteiger partial charge is 0.390 e. The number of nitrogens with one attached hydrogen (secondary N) is 1. The molecule has 2 aromatic carbocycles. The van der Waals surface area contributed by atoms with Crippen LogP contribution >= 0.6 is 15.9 Å². The Kier molecular flexibility index (Phi) is 3.83. The van der Waals surface area contributed by atoms with Gasteiger partial charge in [0.1, 0.15) is 0 Å². The number of amides is 1. The van der Waals surface area contributed by atoms with Gasteiger partial charge in [-0.05, 0) is 41.8 Å². The zero-order chi connectivity index (χ0) is 15.0. The van der Waals surface area contributed by atoms with Crippen LogP contribution in [0, 0.1) is 6.92 Å². The summed E-state index contributed by atoms with van der Waals surface area (Å²) >= 11 is 3.39. The number of aryl methyl sites for hydroxylation is 1. The molecule has 1 aliphatic rings. The summed E-state index contributed by atoms with van der Waals surface area (Å²) < 4.78 is 0.947. The van der Waals surface area contributed by atoms with Crippen molar-refractivity contribution >= 4 is 21.8 Å². The van der Waals surface area contributed by atoms with Crippen molar-refractivity contribution in [2.75, 3.05) is 0 Å². The van der Waals surface area contributed by atoms with Crippen LogP contribution < -0.4 is 5.32 Å². The first-order valence-corrected chi connectivity index (χ1v) is 7.68. The molecule has 21 heavy (non-hydrogen) atoms. The van der Waals surface area contributed by atoms with Gasteiger partial charge >= 0.3 is 0 Å². The quantitative estimate of drug-likeness (QED) is 0.878. The minimum atomic E-state index is -0.567. The number of benzene rings is 2. The number of carbonyl (C=O) groups excluding carboxylic acids is 1. The van der Waals surface area contributed by atoms with Gasteiger partial charge in [0.2, 0.25) is 0 Å². The smallest absolute Gasteiger partial charge is 0.252 e. The Labute approximate surface area is 132 Å². The molecule has 0 heterocycles. The molecular formula is C17H16BrNO2. The van der Waals surface area contributed by atoms with Gasteiger partial charge in [0.25, 0.3) is 5.91 Å². The molecule has 0 unspecified atom stereocenters. The molecule has 0 bridgehead atoms. The van der Waals surface area contributed by atoms with Crippen LogP contribution in [-0.2, 0) is 6.42 Å². The minimum absolute atomic E-state index is 0.152. The lowest BCUT2D eigenvalue weighted by molar-refractivity contribution is 0.0857. The topological polar surface area (TPSA) is 49.3 Å². The van der Waals surface area contributed by atoms with E-state index in [1.807, 2.05) is 43.3 Å². The van der Waals surface area contributed by atoms with E-state index >= 15 is 0 Å². The van der Waals surface area contributed by atoms with Crippen LogP contribution in [0.1, 0.15) is 33.1 Å². The summed E-state index contributed by atoms with van der Waals surface area (Å²) in [4.78, 5) is 12.5. The molecule has 1 aliphatic carbocycles. The second kappa shape index (κ2) is 5.62. The number of rotatable bonds is 2. The summed E-state index contributed by atoms with van der Waals surface area (Å²) in [6.45, 7) is 1.90. The second-order valence-electron chi connectivity index (χ2n) is 5.38. The SMILES string of the molecule is Cc1cc(Br)ccc1C(=O)N[C@H]1c2ccccc2C[C@H]1O. The molecule has 108 valence electrons. The molecule has 0 fully saturated rings. The first-order chi connectivity index (χ1) is 10.1. The highest BCUT2D eigenvalue weighted by atomic mass is 79.9. The highest BCUT2D eigenvalue weighted by molar-refractivity contribution is 9.10. The Hall–Kier alpha value is -1.65. The standard InChI is InChI=1S/C17H16BrNO2/c1-10-8-12(18)6-7-13(10)17(21)19-16-14-5-3-2-4-11(14)9-15(16)20/h2-8,15-16,20H,9H2,1H3,(H,19,21)/t15-,16+/m1/s1. The molecule has 0 aliphatic heterocycles. The molecule has 4 heteroatoms. The Bertz CT molecular complexity index is 699. The third kappa shape index (κ3) is 2.74. The van der Waals surface area contributed by atoms with Gasteiger partial charge in [-0.1, -0.05) is 40.2 Å². The predicted octanol–water partition coefficient (Wildman–Crippen LogP) is 3.15. The molecule has 0 radical (unpaired) electrons. The number of aliphatic hydroxyl groups excluding tert-OH is 1. The van der Waals surface area contributed by atoms with Crippen molar-refractivity contribution in [1.29, 1.82) is 0 Å². The van der Waals surface area contributed by atoms with Crippen LogP contribution in [0.2, 0.25) is 0 Å². The first-order valence-electron chi connectivity index (χ1n) is 6.89. The zero-order valence-corrected chi connectivity index (χ0v) is 13.2. The van der Waals surface area contributed by atoms with E-state index in [0.717, 1.165) is 21.2 Å². The highest BCUT2D eigenvalue weighted by Crippen LogP contribution is 2.31. The molecule has 2 N–H and O–H groups in total. The summed E-state index contributed by atoms with van der Waals surface area (Å²) in [5.41, 5.74) is 3.65. The molecule has 2 aromatic rings. The van der Waals surface area contributed by atoms with Gasteiger partial charge in [0, 0.05) is 16.5 Å². The average molecular weight is 346 g/mol. The van der Waals surface area contributed by atoms with Gasteiger partial charge in [-0.25, -0.2) is 0 Å². The molecule has 2 atom stereocenters. The third-order valence-electron chi connectivity index (χ3n) is 3.92. The number of carbonyl (C=O) groups is 1. The summed E-state index contributed by atoms with van der Waals surface area (Å²) in [6, 6.07) is 13.1. The fourth-order valence-corrected chi connectivity index (χ4v) is 3.32. The maximum absolute atomic E-state index is 12.5. The van der Waals surface area contributed by atoms with E-state index in [0.29, 0.717) is 12.0 Å². The molecule has 3 rings (SSSR count). The summed E-state index contributed by atoms with van der Waals surface area (Å²) in [7, 11) is 0. The van der Waals surface area contributed by atoms with E-state index in [4.69, 9.17) is 0 Å². The number of aliphatic hydroxyl groups is 1. The second-order valence-corrected chi connectivity index (χ2v) is 6.30. The van der Waals surface area contributed by atoms with E-state index in [9.17, 15) is 9.90 Å². The third-order valence-corrected chi connectivity index (χ3v) is 4.42.